The summed E-state index contributed by atoms with van der Waals surface area (Å²) in [6.45, 7) is 6.82. The molecule has 2 aromatic rings. The van der Waals surface area contributed by atoms with E-state index in [-0.39, 0.29) is 11.5 Å². The van der Waals surface area contributed by atoms with Crippen molar-refractivity contribution in [2.75, 3.05) is 50.7 Å². The molecule has 0 N–H and O–H groups in total. The van der Waals surface area contributed by atoms with Crippen LogP contribution in [-0.4, -0.2) is 66.1 Å². The van der Waals surface area contributed by atoms with Crippen LogP contribution in [0.2, 0.25) is 0 Å². The number of fused-ring (bicyclic) bond motifs is 4. The van der Waals surface area contributed by atoms with Gasteiger partial charge in [-0.15, -0.1) is 0 Å². The summed E-state index contributed by atoms with van der Waals surface area (Å²) in [6, 6.07) is 16.0. The Morgan fingerprint density at radius 3 is 2.55 bits per heavy atom. The molecule has 3 aliphatic rings. The first-order valence-corrected chi connectivity index (χ1v) is 11.3. The zero-order valence-electron chi connectivity index (χ0n) is 17.9. The molecule has 2 saturated heterocycles. The van der Waals surface area contributed by atoms with Crippen molar-refractivity contribution >= 4 is 11.6 Å². The number of rotatable bonds is 4. The largest absolute Gasteiger partial charge is 0.368 e. The molecule has 1 amide bonds. The summed E-state index contributed by atoms with van der Waals surface area (Å²) in [4.78, 5) is 31.5. The number of piperidine rings is 1. The normalized spacial score (nSPS) is 23.7. The Morgan fingerprint density at radius 2 is 1.74 bits per heavy atom. The highest BCUT2D eigenvalue weighted by molar-refractivity contribution is 5.87. The second kappa shape index (κ2) is 8.71. The number of anilines is 1. The number of carbonyl (C=O) groups is 1. The van der Waals surface area contributed by atoms with Crippen molar-refractivity contribution in [3.05, 3.63) is 76.7 Å². The highest BCUT2D eigenvalue weighted by Gasteiger charge is 2.33. The summed E-state index contributed by atoms with van der Waals surface area (Å²) >= 11 is 0. The van der Waals surface area contributed by atoms with E-state index in [9.17, 15) is 9.59 Å². The quantitative estimate of drug-likeness (QED) is 0.714. The van der Waals surface area contributed by atoms with Gasteiger partial charge in [-0.05, 0) is 30.5 Å². The second-order valence-electron chi connectivity index (χ2n) is 8.97. The highest BCUT2D eigenvalue weighted by Crippen LogP contribution is 2.34. The van der Waals surface area contributed by atoms with Crippen LogP contribution in [0.3, 0.4) is 0 Å². The molecule has 0 spiro atoms. The second-order valence-corrected chi connectivity index (χ2v) is 8.97. The van der Waals surface area contributed by atoms with Gasteiger partial charge in [0.15, 0.2) is 0 Å². The number of hydrogen-bond acceptors (Lipinski definition) is 4. The van der Waals surface area contributed by atoms with Crippen molar-refractivity contribution in [1.29, 1.82) is 0 Å². The Hall–Kier alpha value is -2.86. The molecule has 2 fully saturated rings. The fraction of sp³-hybridized carbons (Fsp3) is 0.440. The van der Waals surface area contributed by atoms with Crippen molar-refractivity contribution in [2.24, 2.45) is 5.92 Å². The molecule has 6 nitrogen and oxygen atoms in total. The average molecular weight is 419 g/mol. The zero-order valence-corrected chi connectivity index (χ0v) is 17.9. The van der Waals surface area contributed by atoms with E-state index in [1.807, 2.05) is 27.7 Å². The Bertz CT molecular complexity index is 1010. The monoisotopic (exact) mass is 418 g/mol. The number of amides is 1. The third-order valence-corrected chi connectivity index (χ3v) is 6.89. The van der Waals surface area contributed by atoms with E-state index in [0.29, 0.717) is 11.8 Å². The number of pyridine rings is 1. The SMILES string of the molecule is O=C(C=CCN1CC2CC(C1)c1cccc(=O)n1C2)N1CCN(c2ccccc2)CC1. The fourth-order valence-electron chi connectivity index (χ4n) is 5.38. The van der Waals surface area contributed by atoms with E-state index in [4.69, 9.17) is 0 Å². The van der Waals surface area contributed by atoms with Crippen molar-refractivity contribution < 1.29 is 4.79 Å². The van der Waals surface area contributed by atoms with Crippen LogP contribution in [0.15, 0.2) is 65.5 Å². The number of carbonyl (C=O) groups excluding carboxylic acids is 1. The molecular weight excluding hydrogens is 388 g/mol. The maximum atomic E-state index is 12.6. The van der Waals surface area contributed by atoms with Gasteiger partial charge in [0.1, 0.15) is 0 Å². The number of hydrogen-bond donors (Lipinski definition) is 0. The maximum absolute atomic E-state index is 12.6. The number of piperazine rings is 1. The van der Waals surface area contributed by atoms with Gasteiger partial charge in [0.05, 0.1) is 0 Å². The first-order chi connectivity index (χ1) is 15.2. The first-order valence-electron chi connectivity index (χ1n) is 11.3. The van der Waals surface area contributed by atoms with Gasteiger partial charge in [-0.1, -0.05) is 30.3 Å². The lowest BCUT2D eigenvalue weighted by atomic mass is 9.83. The number of likely N-dealkylation sites (tertiary alicyclic amines) is 1. The van der Waals surface area contributed by atoms with Crippen LogP contribution in [0, 0.1) is 5.92 Å². The Kier molecular flexibility index (Phi) is 5.64. The van der Waals surface area contributed by atoms with Gasteiger partial charge in [0, 0.05) is 81.8 Å². The molecule has 5 rings (SSSR count). The summed E-state index contributed by atoms with van der Waals surface area (Å²) in [5.74, 6) is 1.04. The van der Waals surface area contributed by atoms with Gasteiger partial charge >= 0.3 is 0 Å². The van der Waals surface area contributed by atoms with Crippen molar-refractivity contribution in [2.45, 2.75) is 18.9 Å². The van der Waals surface area contributed by atoms with Crippen molar-refractivity contribution in [1.82, 2.24) is 14.4 Å². The highest BCUT2D eigenvalue weighted by atomic mass is 16.2. The first kappa shape index (κ1) is 20.1. The molecule has 31 heavy (non-hydrogen) atoms. The lowest BCUT2D eigenvalue weighted by Crippen LogP contribution is -2.48. The summed E-state index contributed by atoms with van der Waals surface area (Å²) in [7, 11) is 0. The van der Waals surface area contributed by atoms with Crippen LogP contribution in [0.4, 0.5) is 5.69 Å². The van der Waals surface area contributed by atoms with E-state index in [1.54, 1.807) is 12.1 Å². The van der Waals surface area contributed by atoms with E-state index in [2.05, 4.69) is 40.1 Å². The van der Waals surface area contributed by atoms with Gasteiger partial charge in [-0.3, -0.25) is 14.5 Å². The van der Waals surface area contributed by atoms with Crippen molar-refractivity contribution in [3.63, 3.8) is 0 Å². The third kappa shape index (κ3) is 4.30. The molecule has 0 aliphatic carbocycles. The van der Waals surface area contributed by atoms with Gasteiger partial charge < -0.3 is 14.4 Å². The molecule has 162 valence electrons. The molecule has 0 saturated carbocycles. The Morgan fingerprint density at radius 1 is 0.935 bits per heavy atom. The van der Waals surface area contributed by atoms with E-state index >= 15 is 0 Å². The summed E-state index contributed by atoms with van der Waals surface area (Å²) in [5.41, 5.74) is 2.52. The molecule has 1 aromatic heterocycles. The topological polar surface area (TPSA) is 48.8 Å². The summed E-state index contributed by atoms with van der Waals surface area (Å²) in [6.07, 6.45) is 4.93. The number of para-hydroxylation sites is 1. The molecule has 1 aromatic carbocycles. The predicted octanol–water partition coefficient (Wildman–Crippen LogP) is 2.17. The third-order valence-electron chi connectivity index (χ3n) is 6.89. The van der Waals surface area contributed by atoms with Crippen LogP contribution in [0.1, 0.15) is 18.0 Å². The molecular formula is C25H30N4O2. The lowest BCUT2D eigenvalue weighted by Gasteiger charge is -2.42. The molecule has 2 unspecified atom stereocenters. The number of benzene rings is 1. The van der Waals surface area contributed by atoms with Gasteiger partial charge in [0.25, 0.3) is 5.56 Å². The standard InChI is InChI=1S/C25H30N4O2/c30-24(28-14-12-27(13-15-28)22-6-2-1-3-7-22)10-5-11-26-17-20-16-21(19-26)23-8-4-9-25(31)29(23)18-20/h1-10,20-21H,11-19H2. The molecule has 6 heteroatoms. The minimum absolute atomic E-state index is 0.113. The zero-order chi connectivity index (χ0) is 21.2. The van der Waals surface area contributed by atoms with Crippen LogP contribution in [0.5, 0.6) is 0 Å². The van der Waals surface area contributed by atoms with E-state index in [0.717, 1.165) is 58.8 Å². The molecule has 0 radical (unpaired) electrons. The molecule has 3 aliphatic heterocycles. The van der Waals surface area contributed by atoms with E-state index < -0.39 is 0 Å². The lowest BCUT2D eigenvalue weighted by molar-refractivity contribution is -0.126. The van der Waals surface area contributed by atoms with Crippen LogP contribution in [0.25, 0.3) is 0 Å². The molecule has 4 heterocycles. The van der Waals surface area contributed by atoms with Crippen LogP contribution >= 0.6 is 0 Å². The smallest absolute Gasteiger partial charge is 0.250 e. The van der Waals surface area contributed by atoms with Gasteiger partial charge in [-0.2, -0.15) is 0 Å². The number of aromatic nitrogens is 1. The Labute approximate surface area is 183 Å². The van der Waals surface area contributed by atoms with E-state index in [1.165, 1.54) is 11.4 Å². The van der Waals surface area contributed by atoms with Crippen LogP contribution < -0.4 is 10.5 Å². The van der Waals surface area contributed by atoms with Crippen molar-refractivity contribution in [3.8, 4) is 0 Å². The minimum atomic E-state index is 0.113. The summed E-state index contributed by atoms with van der Waals surface area (Å²) < 4.78 is 1.96. The van der Waals surface area contributed by atoms with Gasteiger partial charge in [0.2, 0.25) is 5.91 Å². The fourth-order valence-corrected chi connectivity index (χ4v) is 5.38. The average Bonchev–Trinajstić information content (AvgIpc) is 2.80. The Balaban J connectivity index is 1.13. The molecule has 2 bridgehead atoms. The minimum Gasteiger partial charge on any atom is -0.368 e. The van der Waals surface area contributed by atoms with Gasteiger partial charge in [-0.25, -0.2) is 0 Å². The maximum Gasteiger partial charge on any atom is 0.250 e. The van der Waals surface area contributed by atoms with Crippen LogP contribution in [-0.2, 0) is 11.3 Å². The summed E-state index contributed by atoms with van der Waals surface area (Å²) in [5, 5.41) is 0. The number of nitrogens with zero attached hydrogens (tertiary/aromatic N) is 4. The molecule has 2 atom stereocenters. The predicted molar refractivity (Wildman–Crippen MR) is 122 cm³/mol.